The number of nitrogens with two attached hydrogens (primary N) is 1. The second-order valence-electron chi connectivity index (χ2n) is 6.31. The van der Waals surface area contributed by atoms with Crippen LogP contribution in [0.3, 0.4) is 0 Å². The third-order valence-electron chi connectivity index (χ3n) is 3.44. The van der Waals surface area contributed by atoms with Crippen LogP contribution in [0.2, 0.25) is 0 Å². The highest BCUT2D eigenvalue weighted by molar-refractivity contribution is 6.10. The summed E-state index contributed by atoms with van der Waals surface area (Å²) in [6.07, 6.45) is 0.689. The Bertz CT molecular complexity index is 504. The lowest BCUT2D eigenvalue weighted by Gasteiger charge is -2.18. The number of hydrogen-bond acceptors (Lipinski definition) is 5. The molecule has 0 unspecified atom stereocenters. The van der Waals surface area contributed by atoms with Gasteiger partial charge in [-0.05, 0) is 0 Å². The van der Waals surface area contributed by atoms with Crippen molar-refractivity contribution < 1.29 is 9.59 Å². The maximum atomic E-state index is 11.6. The van der Waals surface area contributed by atoms with Crippen LogP contribution in [0.5, 0.6) is 0 Å². The summed E-state index contributed by atoms with van der Waals surface area (Å²) in [6.45, 7) is 7.59. The van der Waals surface area contributed by atoms with Crippen molar-refractivity contribution in [1.29, 1.82) is 0 Å². The fraction of sp³-hybridized carbons (Fsp3) is 0.667. The average Bonchev–Trinajstić information content (AvgIpc) is 2.59. The summed E-state index contributed by atoms with van der Waals surface area (Å²) in [6, 6.07) is 0. The number of carbonyl (C=O) groups excluding carboxylic acids is 2. The molecule has 7 nitrogen and oxygen atoms in total. The Morgan fingerprint density at radius 2 is 1.74 bits per heavy atom. The highest BCUT2D eigenvalue weighted by atomic mass is 16.2. The van der Waals surface area contributed by atoms with Gasteiger partial charge in [-0.2, -0.15) is 0 Å². The molecule has 2 heterocycles. The second-order valence-corrected chi connectivity index (χ2v) is 6.31. The van der Waals surface area contributed by atoms with Crippen molar-refractivity contribution in [2.75, 3.05) is 0 Å². The molecule has 2 amide bonds. The molecule has 0 aromatic heterocycles. The monoisotopic (exact) mass is 265 g/mol. The molecular formula is C12H19N5O2. The van der Waals surface area contributed by atoms with Crippen LogP contribution in [0.1, 0.15) is 40.5 Å². The van der Waals surface area contributed by atoms with Crippen molar-refractivity contribution in [2.24, 2.45) is 26.9 Å². The third kappa shape index (κ3) is 2.37. The normalized spacial score (nSPS) is 29.4. The Morgan fingerprint density at radius 1 is 1.11 bits per heavy atom. The van der Waals surface area contributed by atoms with E-state index in [2.05, 4.69) is 15.5 Å². The maximum absolute atomic E-state index is 11.6. The van der Waals surface area contributed by atoms with E-state index in [0.29, 0.717) is 24.5 Å². The van der Waals surface area contributed by atoms with Gasteiger partial charge in [0.15, 0.2) is 5.84 Å². The average molecular weight is 265 g/mol. The summed E-state index contributed by atoms with van der Waals surface area (Å²) < 4.78 is 0. The number of hydrogen-bond donors (Lipinski definition) is 2. The van der Waals surface area contributed by atoms with Gasteiger partial charge in [0.25, 0.3) is 0 Å². The molecule has 0 radical (unpaired) electrons. The van der Waals surface area contributed by atoms with E-state index in [1.54, 1.807) is 0 Å². The summed E-state index contributed by atoms with van der Waals surface area (Å²) in [5, 5.41) is 11.9. The van der Waals surface area contributed by atoms with E-state index < -0.39 is 5.41 Å². The van der Waals surface area contributed by atoms with Crippen molar-refractivity contribution >= 4 is 23.5 Å². The molecule has 0 aromatic carbocycles. The molecule has 0 aromatic rings. The molecule has 7 heteroatoms. The van der Waals surface area contributed by atoms with Crippen LogP contribution in [-0.4, -0.2) is 28.5 Å². The number of amides is 2. The van der Waals surface area contributed by atoms with Crippen LogP contribution in [0, 0.1) is 10.8 Å². The zero-order valence-corrected chi connectivity index (χ0v) is 11.6. The smallest absolute Gasteiger partial charge is 0.243 e. The molecule has 2 rings (SSSR count). The minimum atomic E-state index is -0.442. The maximum Gasteiger partial charge on any atom is 0.243 e. The van der Waals surface area contributed by atoms with E-state index in [1.807, 2.05) is 27.7 Å². The van der Waals surface area contributed by atoms with Crippen LogP contribution in [0.15, 0.2) is 10.2 Å². The van der Waals surface area contributed by atoms with E-state index in [-0.39, 0.29) is 17.2 Å². The van der Waals surface area contributed by atoms with E-state index in [0.717, 1.165) is 5.01 Å². The minimum Gasteiger partial charge on any atom is -0.312 e. The number of amidine groups is 2. The number of nitrogens with zero attached hydrogens (tertiary/aromatic N) is 3. The number of hydrazine groups is 1. The van der Waals surface area contributed by atoms with Gasteiger partial charge in [0, 0.05) is 23.7 Å². The van der Waals surface area contributed by atoms with Gasteiger partial charge >= 0.3 is 0 Å². The van der Waals surface area contributed by atoms with Gasteiger partial charge < -0.3 is 5.32 Å². The number of nitrogens with one attached hydrogen (secondary N) is 1. The van der Waals surface area contributed by atoms with Crippen molar-refractivity contribution in [2.45, 2.75) is 40.5 Å². The second kappa shape index (κ2) is 4.12. The molecule has 0 saturated carbocycles. The standard InChI is InChI=1S/C12H19N5O2/c1-11(2)5-7(18)14-9(11)15-16-10-12(3,4)6-8(19)17(10)13/h5-6,13H2,1-4H3,(H,14,15,18)/b16-10+. The predicted molar refractivity (Wildman–Crippen MR) is 70.8 cm³/mol. The van der Waals surface area contributed by atoms with Crippen LogP contribution >= 0.6 is 0 Å². The summed E-state index contributed by atoms with van der Waals surface area (Å²) in [5.74, 6) is 6.34. The minimum absolute atomic E-state index is 0.0738. The van der Waals surface area contributed by atoms with Gasteiger partial charge in [-0.1, -0.05) is 27.7 Å². The molecule has 0 atom stereocenters. The van der Waals surface area contributed by atoms with Crippen molar-refractivity contribution in [3.05, 3.63) is 0 Å². The topological polar surface area (TPSA) is 100 Å². The molecule has 2 fully saturated rings. The van der Waals surface area contributed by atoms with Gasteiger partial charge in [0.2, 0.25) is 11.8 Å². The van der Waals surface area contributed by atoms with Crippen LogP contribution in [-0.2, 0) is 9.59 Å². The molecule has 104 valence electrons. The summed E-state index contributed by atoms with van der Waals surface area (Å²) >= 11 is 0. The number of rotatable bonds is 1. The SMILES string of the molecule is CC1(C)CC(=O)N/C1=N/N=C1/N(N)C(=O)CC1(C)C. The Labute approximate surface area is 111 Å². The van der Waals surface area contributed by atoms with E-state index >= 15 is 0 Å². The zero-order chi connectivity index (χ0) is 14.4. The Hall–Kier alpha value is -1.76. The van der Waals surface area contributed by atoms with Gasteiger partial charge in [0.05, 0.1) is 0 Å². The van der Waals surface area contributed by atoms with E-state index in [4.69, 9.17) is 5.84 Å². The van der Waals surface area contributed by atoms with E-state index in [9.17, 15) is 9.59 Å². The summed E-state index contributed by atoms with van der Waals surface area (Å²) in [5.41, 5.74) is -0.810. The van der Waals surface area contributed by atoms with Crippen LogP contribution in [0.25, 0.3) is 0 Å². The van der Waals surface area contributed by atoms with Crippen LogP contribution in [0.4, 0.5) is 0 Å². The van der Waals surface area contributed by atoms with E-state index in [1.165, 1.54) is 0 Å². The lowest BCUT2D eigenvalue weighted by molar-refractivity contribution is -0.126. The highest BCUT2D eigenvalue weighted by Crippen LogP contribution is 2.32. The van der Waals surface area contributed by atoms with Crippen molar-refractivity contribution in [3.63, 3.8) is 0 Å². The van der Waals surface area contributed by atoms with Gasteiger partial charge in [0.1, 0.15) is 5.84 Å². The summed E-state index contributed by atoms with van der Waals surface area (Å²) in [4.78, 5) is 23.0. The molecule has 0 spiro atoms. The van der Waals surface area contributed by atoms with Gasteiger partial charge in [-0.25, -0.2) is 10.9 Å². The molecular weight excluding hydrogens is 246 g/mol. The predicted octanol–water partition coefficient (Wildman–Crippen LogP) is 0.377. The molecule has 0 bridgehead atoms. The first-order valence-corrected chi connectivity index (χ1v) is 6.18. The van der Waals surface area contributed by atoms with Gasteiger partial charge in [-0.3, -0.25) is 9.59 Å². The Kier molecular flexibility index (Phi) is 2.97. The molecule has 0 aliphatic carbocycles. The largest absolute Gasteiger partial charge is 0.312 e. The molecule has 3 N–H and O–H groups in total. The van der Waals surface area contributed by atoms with Gasteiger partial charge in [-0.15, -0.1) is 10.2 Å². The fourth-order valence-electron chi connectivity index (χ4n) is 2.26. The molecule has 2 aliphatic heterocycles. The summed E-state index contributed by atoms with van der Waals surface area (Å²) in [7, 11) is 0. The zero-order valence-electron chi connectivity index (χ0n) is 11.6. The van der Waals surface area contributed by atoms with Crippen molar-refractivity contribution in [1.82, 2.24) is 10.3 Å². The fourth-order valence-corrected chi connectivity index (χ4v) is 2.26. The number of carbonyl (C=O) groups is 2. The highest BCUT2D eigenvalue weighted by Gasteiger charge is 2.42. The lowest BCUT2D eigenvalue weighted by Crippen LogP contribution is -2.39. The third-order valence-corrected chi connectivity index (χ3v) is 3.44. The van der Waals surface area contributed by atoms with Crippen LogP contribution < -0.4 is 11.2 Å². The first-order valence-electron chi connectivity index (χ1n) is 6.18. The first kappa shape index (κ1) is 13.7. The van der Waals surface area contributed by atoms with Crippen molar-refractivity contribution in [3.8, 4) is 0 Å². The Morgan fingerprint density at radius 3 is 2.16 bits per heavy atom. The molecule has 2 saturated heterocycles. The lowest BCUT2D eigenvalue weighted by atomic mass is 9.91. The Balaban J connectivity index is 2.32. The first-order chi connectivity index (χ1) is 8.63. The molecule has 2 aliphatic rings. The quantitative estimate of drug-likeness (QED) is 0.407. The molecule has 19 heavy (non-hydrogen) atoms.